The number of nitrogens with zero attached hydrogens (tertiary/aromatic N) is 3. The van der Waals surface area contributed by atoms with Crippen LogP contribution in [0.4, 0.5) is 0 Å². The molecular formula is C16H19N5O3. The second-order valence-electron chi connectivity index (χ2n) is 5.54. The van der Waals surface area contributed by atoms with Crippen molar-refractivity contribution in [3.63, 3.8) is 0 Å². The summed E-state index contributed by atoms with van der Waals surface area (Å²) in [4.78, 5) is 27.2. The molecule has 1 aromatic carbocycles. The Morgan fingerprint density at radius 2 is 2.00 bits per heavy atom. The minimum absolute atomic E-state index is 0.0398. The summed E-state index contributed by atoms with van der Waals surface area (Å²) in [5.41, 5.74) is 0.853. The van der Waals surface area contributed by atoms with E-state index >= 15 is 0 Å². The highest BCUT2D eigenvalue weighted by molar-refractivity contribution is 5.80. The van der Waals surface area contributed by atoms with Crippen LogP contribution >= 0.6 is 0 Å². The van der Waals surface area contributed by atoms with Crippen LogP contribution in [0.1, 0.15) is 19.3 Å². The SMILES string of the molecule is O=C(COc1ncn(-c2ccccc2)n1)NCCC(=O)NC1CC1. The van der Waals surface area contributed by atoms with Crippen molar-refractivity contribution < 1.29 is 14.3 Å². The molecule has 1 saturated carbocycles. The fourth-order valence-corrected chi connectivity index (χ4v) is 2.04. The Labute approximate surface area is 139 Å². The van der Waals surface area contributed by atoms with Gasteiger partial charge >= 0.3 is 6.01 Å². The Balaban J connectivity index is 1.37. The van der Waals surface area contributed by atoms with Gasteiger partial charge in [-0.05, 0) is 25.0 Å². The third-order valence-electron chi connectivity index (χ3n) is 3.44. The molecule has 24 heavy (non-hydrogen) atoms. The number of hydrogen-bond donors (Lipinski definition) is 2. The zero-order valence-electron chi connectivity index (χ0n) is 13.1. The van der Waals surface area contributed by atoms with E-state index in [0.717, 1.165) is 18.5 Å². The lowest BCUT2D eigenvalue weighted by atomic mass is 10.3. The second kappa shape index (κ2) is 7.58. The molecule has 1 heterocycles. The fraction of sp³-hybridized carbons (Fsp3) is 0.375. The van der Waals surface area contributed by atoms with Gasteiger partial charge in [0.05, 0.1) is 5.69 Å². The number of nitrogens with one attached hydrogen (secondary N) is 2. The molecule has 2 amide bonds. The molecule has 2 aromatic rings. The minimum Gasteiger partial charge on any atom is -0.452 e. The molecule has 1 aromatic heterocycles. The first kappa shape index (κ1) is 16.0. The van der Waals surface area contributed by atoms with Gasteiger partial charge in [0.25, 0.3) is 5.91 Å². The van der Waals surface area contributed by atoms with Crippen molar-refractivity contribution >= 4 is 11.8 Å². The van der Waals surface area contributed by atoms with Gasteiger partial charge in [-0.25, -0.2) is 4.68 Å². The van der Waals surface area contributed by atoms with Crippen molar-refractivity contribution in [3.05, 3.63) is 36.7 Å². The van der Waals surface area contributed by atoms with Crippen molar-refractivity contribution in [1.29, 1.82) is 0 Å². The number of rotatable bonds is 8. The maximum Gasteiger partial charge on any atom is 0.336 e. The Morgan fingerprint density at radius 1 is 1.21 bits per heavy atom. The molecule has 0 spiro atoms. The van der Waals surface area contributed by atoms with Crippen LogP contribution in [0.15, 0.2) is 36.7 Å². The summed E-state index contributed by atoms with van der Waals surface area (Å²) < 4.78 is 6.81. The predicted octanol–water partition coefficient (Wildman–Crippen LogP) is 0.431. The highest BCUT2D eigenvalue weighted by atomic mass is 16.5. The molecule has 0 bridgehead atoms. The van der Waals surface area contributed by atoms with Crippen LogP contribution < -0.4 is 15.4 Å². The normalized spacial score (nSPS) is 13.3. The molecule has 8 nitrogen and oxygen atoms in total. The summed E-state index contributed by atoms with van der Waals surface area (Å²) in [6.07, 6.45) is 3.89. The first-order valence-corrected chi connectivity index (χ1v) is 7.86. The second-order valence-corrected chi connectivity index (χ2v) is 5.54. The summed E-state index contributed by atoms with van der Waals surface area (Å²) in [5.74, 6) is -0.354. The minimum atomic E-state index is -0.315. The van der Waals surface area contributed by atoms with Crippen LogP contribution in [-0.2, 0) is 9.59 Å². The molecule has 1 fully saturated rings. The van der Waals surface area contributed by atoms with Gasteiger partial charge in [-0.1, -0.05) is 18.2 Å². The summed E-state index contributed by atoms with van der Waals surface area (Å²) >= 11 is 0. The molecule has 0 saturated heterocycles. The first-order chi connectivity index (χ1) is 11.7. The topological polar surface area (TPSA) is 98.1 Å². The lowest BCUT2D eigenvalue weighted by molar-refractivity contribution is -0.123. The van der Waals surface area contributed by atoms with Gasteiger partial charge in [0.2, 0.25) is 5.91 Å². The number of aromatic nitrogens is 3. The molecule has 1 aliphatic rings. The molecule has 126 valence electrons. The van der Waals surface area contributed by atoms with Crippen molar-refractivity contribution in [2.45, 2.75) is 25.3 Å². The third kappa shape index (κ3) is 4.80. The van der Waals surface area contributed by atoms with Crippen LogP contribution in [0, 0.1) is 0 Å². The Morgan fingerprint density at radius 3 is 2.75 bits per heavy atom. The van der Waals surface area contributed by atoms with Gasteiger partial charge in [-0.3, -0.25) is 9.59 Å². The zero-order chi connectivity index (χ0) is 16.8. The van der Waals surface area contributed by atoms with E-state index in [1.807, 2.05) is 30.3 Å². The van der Waals surface area contributed by atoms with E-state index in [0.29, 0.717) is 6.04 Å². The van der Waals surface area contributed by atoms with Crippen LogP contribution in [0.3, 0.4) is 0 Å². The van der Waals surface area contributed by atoms with Gasteiger partial charge in [-0.15, -0.1) is 5.10 Å². The number of carbonyl (C=O) groups is 2. The lowest BCUT2D eigenvalue weighted by Crippen LogP contribution is -2.34. The number of amides is 2. The quantitative estimate of drug-likeness (QED) is 0.732. The molecule has 0 radical (unpaired) electrons. The Hall–Kier alpha value is -2.90. The van der Waals surface area contributed by atoms with Gasteiger partial charge in [-0.2, -0.15) is 4.98 Å². The van der Waals surface area contributed by atoms with E-state index in [1.165, 1.54) is 6.33 Å². The average Bonchev–Trinajstić information content (AvgIpc) is 3.27. The van der Waals surface area contributed by atoms with E-state index < -0.39 is 0 Å². The summed E-state index contributed by atoms with van der Waals surface area (Å²) in [6.45, 7) is 0.0929. The highest BCUT2D eigenvalue weighted by Gasteiger charge is 2.22. The molecule has 0 unspecified atom stereocenters. The predicted molar refractivity (Wildman–Crippen MR) is 85.6 cm³/mol. The third-order valence-corrected chi connectivity index (χ3v) is 3.44. The number of ether oxygens (including phenoxy) is 1. The molecule has 1 aliphatic carbocycles. The van der Waals surface area contributed by atoms with E-state index in [-0.39, 0.29) is 37.4 Å². The summed E-state index contributed by atoms with van der Waals surface area (Å²) in [7, 11) is 0. The maximum absolute atomic E-state index is 11.7. The fourth-order valence-electron chi connectivity index (χ4n) is 2.04. The zero-order valence-corrected chi connectivity index (χ0v) is 13.1. The molecule has 0 atom stereocenters. The van der Waals surface area contributed by atoms with E-state index in [4.69, 9.17) is 4.74 Å². The maximum atomic E-state index is 11.7. The number of carbonyl (C=O) groups excluding carboxylic acids is 2. The van der Waals surface area contributed by atoms with Gasteiger partial charge in [0.15, 0.2) is 6.61 Å². The van der Waals surface area contributed by atoms with Crippen LogP contribution in [-0.4, -0.2) is 45.8 Å². The van der Waals surface area contributed by atoms with E-state index in [2.05, 4.69) is 20.7 Å². The Bertz CT molecular complexity index is 697. The average molecular weight is 329 g/mol. The van der Waals surface area contributed by atoms with Crippen molar-refractivity contribution in [2.75, 3.05) is 13.2 Å². The standard InChI is InChI=1S/C16H19N5O3/c22-14(19-12-6-7-12)8-9-17-15(23)10-24-16-18-11-21(20-16)13-4-2-1-3-5-13/h1-5,11-12H,6-10H2,(H,17,23)(H,19,22). The van der Waals surface area contributed by atoms with Gasteiger partial charge in [0.1, 0.15) is 6.33 Å². The van der Waals surface area contributed by atoms with Crippen LogP contribution in [0.5, 0.6) is 6.01 Å². The van der Waals surface area contributed by atoms with E-state index in [9.17, 15) is 9.59 Å². The number of benzene rings is 1. The molecule has 8 heteroatoms. The first-order valence-electron chi connectivity index (χ1n) is 7.86. The number of para-hydroxylation sites is 1. The highest BCUT2D eigenvalue weighted by Crippen LogP contribution is 2.18. The van der Waals surface area contributed by atoms with Crippen molar-refractivity contribution in [3.8, 4) is 11.7 Å². The largest absolute Gasteiger partial charge is 0.452 e. The van der Waals surface area contributed by atoms with Crippen molar-refractivity contribution in [2.24, 2.45) is 0 Å². The van der Waals surface area contributed by atoms with Crippen LogP contribution in [0.25, 0.3) is 5.69 Å². The smallest absolute Gasteiger partial charge is 0.336 e. The van der Waals surface area contributed by atoms with Crippen LogP contribution in [0.2, 0.25) is 0 Å². The monoisotopic (exact) mass is 329 g/mol. The lowest BCUT2D eigenvalue weighted by Gasteiger charge is -2.05. The molecular weight excluding hydrogens is 310 g/mol. The summed E-state index contributed by atoms with van der Waals surface area (Å²) in [6, 6.07) is 9.93. The molecule has 2 N–H and O–H groups in total. The van der Waals surface area contributed by atoms with Crippen molar-refractivity contribution in [1.82, 2.24) is 25.4 Å². The Kier molecular flexibility index (Phi) is 5.05. The number of hydrogen-bond acceptors (Lipinski definition) is 5. The molecule has 0 aliphatic heterocycles. The van der Waals surface area contributed by atoms with E-state index in [1.54, 1.807) is 4.68 Å². The van der Waals surface area contributed by atoms with Gasteiger partial charge < -0.3 is 15.4 Å². The van der Waals surface area contributed by atoms with Gasteiger partial charge in [0, 0.05) is 19.0 Å². The molecule has 3 rings (SSSR count). The summed E-state index contributed by atoms with van der Waals surface area (Å²) in [5, 5.41) is 9.63.